The average molecular weight is 377 g/mol. The van der Waals surface area contributed by atoms with Crippen molar-refractivity contribution in [1.82, 2.24) is 14.9 Å². The molecule has 1 unspecified atom stereocenters. The molecule has 2 aromatic carbocycles. The number of benzene rings is 2. The number of hydrogen-bond acceptors (Lipinski definition) is 3. The monoisotopic (exact) mass is 377 g/mol. The van der Waals surface area contributed by atoms with Crippen LogP contribution in [0.4, 0.5) is 0 Å². The van der Waals surface area contributed by atoms with Gasteiger partial charge in [0, 0.05) is 11.6 Å². The quantitative estimate of drug-likeness (QED) is 0.698. The van der Waals surface area contributed by atoms with E-state index in [1.54, 1.807) is 34.9 Å². The molecule has 0 saturated carbocycles. The van der Waals surface area contributed by atoms with Gasteiger partial charge in [-0.2, -0.15) is 0 Å². The molecule has 5 heteroatoms. The summed E-state index contributed by atoms with van der Waals surface area (Å²) in [5.41, 5.74) is 1.86. The Morgan fingerprint density at radius 3 is 2.39 bits per heavy atom. The van der Waals surface area contributed by atoms with Gasteiger partial charge in [-0.1, -0.05) is 26.0 Å². The van der Waals surface area contributed by atoms with Gasteiger partial charge in [0.05, 0.1) is 16.6 Å². The number of carbonyl (C=O) groups is 1. The molecule has 0 aliphatic rings. The van der Waals surface area contributed by atoms with Crippen molar-refractivity contribution in [1.29, 1.82) is 0 Å². The fourth-order valence-corrected chi connectivity index (χ4v) is 3.27. The first-order valence-corrected chi connectivity index (χ1v) is 9.76. The third-order valence-corrected chi connectivity index (χ3v) is 4.89. The third-order valence-electron chi connectivity index (χ3n) is 4.89. The first kappa shape index (κ1) is 19.8. The van der Waals surface area contributed by atoms with Crippen LogP contribution in [0.25, 0.3) is 16.6 Å². The van der Waals surface area contributed by atoms with Gasteiger partial charge in [0.1, 0.15) is 5.82 Å². The van der Waals surface area contributed by atoms with E-state index in [2.05, 4.69) is 24.1 Å². The molecular weight excluding hydrogens is 350 g/mol. The zero-order chi connectivity index (χ0) is 20.3. The first-order valence-electron chi connectivity index (χ1n) is 9.76. The van der Waals surface area contributed by atoms with Crippen LogP contribution >= 0.6 is 0 Å². The standard InChI is InChI=1S/C23H27N3O2/c1-15(2)9-10-16(3)24-22(27)18-11-13-19(14-12-18)26-17(4)25-21-8-6-5-7-20(21)23(26)28/h5-8,11-16H,9-10H2,1-4H3,(H,24,27). The van der Waals surface area contributed by atoms with Gasteiger partial charge >= 0.3 is 0 Å². The normalized spacial score (nSPS) is 12.3. The molecule has 0 aliphatic heterocycles. The van der Waals surface area contributed by atoms with E-state index >= 15 is 0 Å². The molecule has 1 amide bonds. The predicted octanol–water partition coefficient (Wildman–Crippen LogP) is 4.25. The Kier molecular flexibility index (Phi) is 5.93. The van der Waals surface area contributed by atoms with Gasteiger partial charge in [-0.3, -0.25) is 14.2 Å². The van der Waals surface area contributed by atoms with E-state index in [0.717, 1.165) is 12.8 Å². The second-order valence-electron chi connectivity index (χ2n) is 7.71. The van der Waals surface area contributed by atoms with Gasteiger partial charge in [0.2, 0.25) is 0 Å². The minimum absolute atomic E-state index is 0.0940. The Morgan fingerprint density at radius 2 is 1.71 bits per heavy atom. The van der Waals surface area contributed by atoms with E-state index in [0.29, 0.717) is 33.9 Å². The lowest BCUT2D eigenvalue weighted by Crippen LogP contribution is -2.32. The Labute approximate surface area is 165 Å². The van der Waals surface area contributed by atoms with Crippen LogP contribution in [0, 0.1) is 12.8 Å². The van der Waals surface area contributed by atoms with Gasteiger partial charge in [0.25, 0.3) is 11.5 Å². The first-order chi connectivity index (χ1) is 13.4. The number of para-hydroxylation sites is 1. The highest BCUT2D eigenvalue weighted by atomic mass is 16.1. The van der Waals surface area contributed by atoms with E-state index in [9.17, 15) is 9.59 Å². The topological polar surface area (TPSA) is 64.0 Å². The van der Waals surface area contributed by atoms with E-state index < -0.39 is 0 Å². The number of rotatable bonds is 6. The van der Waals surface area contributed by atoms with Crippen molar-refractivity contribution in [3.05, 3.63) is 70.3 Å². The highest BCUT2D eigenvalue weighted by molar-refractivity contribution is 5.94. The molecule has 3 aromatic rings. The van der Waals surface area contributed by atoms with Gasteiger partial charge < -0.3 is 5.32 Å². The van der Waals surface area contributed by atoms with Gasteiger partial charge in [0.15, 0.2) is 0 Å². The highest BCUT2D eigenvalue weighted by Crippen LogP contribution is 2.14. The zero-order valence-electron chi connectivity index (χ0n) is 16.9. The predicted molar refractivity (Wildman–Crippen MR) is 113 cm³/mol. The zero-order valence-corrected chi connectivity index (χ0v) is 16.9. The fourth-order valence-electron chi connectivity index (χ4n) is 3.27. The summed E-state index contributed by atoms with van der Waals surface area (Å²) >= 11 is 0. The highest BCUT2D eigenvalue weighted by Gasteiger charge is 2.13. The minimum Gasteiger partial charge on any atom is -0.350 e. The summed E-state index contributed by atoms with van der Waals surface area (Å²) in [5.74, 6) is 1.14. The van der Waals surface area contributed by atoms with E-state index in [1.165, 1.54) is 0 Å². The molecule has 1 N–H and O–H groups in total. The summed E-state index contributed by atoms with van der Waals surface area (Å²) < 4.78 is 1.58. The summed E-state index contributed by atoms with van der Waals surface area (Å²) in [6.45, 7) is 8.20. The summed E-state index contributed by atoms with van der Waals surface area (Å²) in [6.07, 6.45) is 2.04. The summed E-state index contributed by atoms with van der Waals surface area (Å²) in [6, 6.07) is 14.5. The third kappa shape index (κ3) is 4.30. The van der Waals surface area contributed by atoms with Crippen LogP contribution in [-0.2, 0) is 0 Å². The maximum atomic E-state index is 12.9. The number of hydrogen-bond donors (Lipinski definition) is 1. The molecular formula is C23H27N3O2. The van der Waals surface area contributed by atoms with Crippen molar-refractivity contribution in [2.45, 2.75) is 46.6 Å². The van der Waals surface area contributed by atoms with Crippen LogP contribution in [-0.4, -0.2) is 21.5 Å². The second kappa shape index (κ2) is 8.38. The molecule has 28 heavy (non-hydrogen) atoms. The largest absolute Gasteiger partial charge is 0.350 e. The lowest BCUT2D eigenvalue weighted by molar-refractivity contribution is 0.0937. The molecule has 0 aliphatic carbocycles. The maximum absolute atomic E-state index is 12.9. The summed E-state index contributed by atoms with van der Waals surface area (Å²) in [7, 11) is 0. The number of nitrogens with zero attached hydrogens (tertiary/aromatic N) is 2. The maximum Gasteiger partial charge on any atom is 0.265 e. The van der Waals surface area contributed by atoms with Crippen LogP contribution in [0.3, 0.4) is 0 Å². The van der Waals surface area contributed by atoms with Gasteiger partial charge in [-0.25, -0.2) is 4.98 Å². The Morgan fingerprint density at radius 1 is 1.04 bits per heavy atom. The Balaban J connectivity index is 1.82. The SMILES string of the molecule is Cc1nc2ccccc2c(=O)n1-c1ccc(C(=O)NC(C)CCC(C)C)cc1. The van der Waals surface area contributed by atoms with Crippen LogP contribution in [0.15, 0.2) is 53.3 Å². The number of amides is 1. The molecule has 1 atom stereocenters. The minimum atomic E-state index is -0.109. The van der Waals surface area contributed by atoms with E-state index in [-0.39, 0.29) is 17.5 Å². The summed E-state index contributed by atoms with van der Waals surface area (Å²) in [4.78, 5) is 29.9. The van der Waals surface area contributed by atoms with Crippen LogP contribution in [0.1, 0.15) is 49.8 Å². The van der Waals surface area contributed by atoms with Crippen molar-refractivity contribution in [3.63, 3.8) is 0 Å². The van der Waals surface area contributed by atoms with Crippen LogP contribution in [0.2, 0.25) is 0 Å². The van der Waals surface area contributed by atoms with Crippen molar-refractivity contribution in [2.75, 3.05) is 0 Å². The van der Waals surface area contributed by atoms with Crippen molar-refractivity contribution in [2.24, 2.45) is 5.92 Å². The number of nitrogens with one attached hydrogen (secondary N) is 1. The lowest BCUT2D eigenvalue weighted by Gasteiger charge is -2.15. The molecule has 1 heterocycles. The van der Waals surface area contributed by atoms with Crippen molar-refractivity contribution in [3.8, 4) is 5.69 Å². The van der Waals surface area contributed by atoms with Gasteiger partial charge in [-0.05, 0) is 69.0 Å². The van der Waals surface area contributed by atoms with Crippen LogP contribution in [0.5, 0.6) is 0 Å². The molecule has 0 radical (unpaired) electrons. The van der Waals surface area contributed by atoms with E-state index in [1.807, 2.05) is 32.0 Å². The van der Waals surface area contributed by atoms with Gasteiger partial charge in [-0.15, -0.1) is 0 Å². The van der Waals surface area contributed by atoms with Crippen molar-refractivity contribution >= 4 is 16.8 Å². The Hall–Kier alpha value is -2.95. The van der Waals surface area contributed by atoms with Crippen molar-refractivity contribution < 1.29 is 4.79 Å². The summed E-state index contributed by atoms with van der Waals surface area (Å²) in [5, 5.41) is 3.62. The molecule has 5 nitrogen and oxygen atoms in total. The van der Waals surface area contributed by atoms with Crippen LogP contribution < -0.4 is 10.9 Å². The average Bonchev–Trinajstić information content (AvgIpc) is 2.67. The molecule has 0 saturated heterocycles. The Bertz CT molecular complexity index is 1040. The lowest BCUT2D eigenvalue weighted by atomic mass is 10.0. The molecule has 0 bridgehead atoms. The molecule has 0 fully saturated rings. The smallest absolute Gasteiger partial charge is 0.265 e. The molecule has 146 valence electrons. The fraction of sp³-hybridized carbons (Fsp3) is 0.348. The molecule has 1 aromatic heterocycles. The number of fused-ring (bicyclic) bond motifs is 1. The number of aryl methyl sites for hydroxylation is 1. The second-order valence-corrected chi connectivity index (χ2v) is 7.71. The van der Waals surface area contributed by atoms with E-state index in [4.69, 9.17) is 0 Å². The number of aromatic nitrogens is 2. The molecule has 0 spiro atoms. The number of carbonyl (C=O) groups excluding carboxylic acids is 1. The molecule has 3 rings (SSSR count).